The SMILES string of the molecule is CC(=O)Nc1ccc([C@@H]2C(C(=O)c3ccccc3)=C(C)Nc3nc4ccccc4n32)cc1. The number of imidazole rings is 1. The Morgan fingerprint density at radius 2 is 1.62 bits per heavy atom. The van der Waals surface area contributed by atoms with Gasteiger partial charge >= 0.3 is 0 Å². The van der Waals surface area contributed by atoms with Crippen molar-refractivity contribution in [2.75, 3.05) is 10.6 Å². The summed E-state index contributed by atoms with van der Waals surface area (Å²) in [6, 6.07) is 24.5. The van der Waals surface area contributed by atoms with Crippen LogP contribution in [-0.2, 0) is 4.79 Å². The molecule has 5 rings (SSSR count). The molecule has 1 amide bonds. The second-order valence-corrected chi connectivity index (χ2v) is 7.86. The molecule has 0 fully saturated rings. The van der Waals surface area contributed by atoms with Crippen molar-refractivity contribution in [1.29, 1.82) is 0 Å². The van der Waals surface area contributed by atoms with Gasteiger partial charge in [-0.2, -0.15) is 0 Å². The van der Waals surface area contributed by atoms with Crippen molar-refractivity contribution in [2.24, 2.45) is 0 Å². The first-order chi connectivity index (χ1) is 15.5. The lowest BCUT2D eigenvalue weighted by Crippen LogP contribution is -2.28. The number of hydrogen-bond acceptors (Lipinski definition) is 4. The summed E-state index contributed by atoms with van der Waals surface area (Å²) in [7, 11) is 0. The minimum atomic E-state index is -0.363. The largest absolute Gasteiger partial charge is 0.329 e. The van der Waals surface area contributed by atoms with Gasteiger partial charge in [0.25, 0.3) is 0 Å². The Labute approximate surface area is 185 Å². The number of hydrogen-bond donors (Lipinski definition) is 2. The Morgan fingerprint density at radius 1 is 0.938 bits per heavy atom. The zero-order chi connectivity index (χ0) is 22.2. The van der Waals surface area contributed by atoms with E-state index in [-0.39, 0.29) is 17.7 Å². The molecule has 3 aromatic carbocycles. The third kappa shape index (κ3) is 3.36. The Balaban J connectivity index is 1.70. The molecular formula is C26H22N4O2. The molecular weight excluding hydrogens is 400 g/mol. The first kappa shape index (κ1) is 19.8. The fourth-order valence-electron chi connectivity index (χ4n) is 4.27. The van der Waals surface area contributed by atoms with Gasteiger partial charge in [0.15, 0.2) is 5.78 Å². The predicted molar refractivity (Wildman–Crippen MR) is 126 cm³/mol. The molecule has 0 aliphatic carbocycles. The van der Waals surface area contributed by atoms with Crippen molar-refractivity contribution in [1.82, 2.24) is 9.55 Å². The second-order valence-electron chi connectivity index (χ2n) is 7.86. The number of nitrogens with one attached hydrogen (secondary N) is 2. The van der Waals surface area contributed by atoms with Crippen LogP contribution in [0.25, 0.3) is 11.0 Å². The Morgan fingerprint density at radius 3 is 2.34 bits per heavy atom. The fraction of sp³-hybridized carbons (Fsp3) is 0.115. The van der Waals surface area contributed by atoms with Gasteiger partial charge in [-0.15, -0.1) is 0 Å². The van der Waals surface area contributed by atoms with Gasteiger partial charge in [0, 0.05) is 29.4 Å². The van der Waals surface area contributed by atoms with Gasteiger partial charge in [-0.05, 0) is 36.8 Å². The van der Waals surface area contributed by atoms with Crippen LogP contribution < -0.4 is 10.6 Å². The van der Waals surface area contributed by atoms with Gasteiger partial charge in [0.05, 0.1) is 17.1 Å². The van der Waals surface area contributed by atoms with Crippen LogP contribution in [0.4, 0.5) is 11.6 Å². The fourth-order valence-corrected chi connectivity index (χ4v) is 4.27. The summed E-state index contributed by atoms with van der Waals surface area (Å²) in [5.74, 6) is 0.539. The minimum Gasteiger partial charge on any atom is -0.329 e. The molecule has 4 aromatic rings. The van der Waals surface area contributed by atoms with Crippen molar-refractivity contribution in [3.63, 3.8) is 0 Å². The number of Topliss-reactive ketones (excluding diaryl/α,β-unsaturated/α-hetero) is 1. The van der Waals surface area contributed by atoms with Gasteiger partial charge in [-0.3, -0.25) is 14.2 Å². The first-order valence-electron chi connectivity index (χ1n) is 10.4. The zero-order valence-electron chi connectivity index (χ0n) is 17.8. The number of benzene rings is 3. The maximum absolute atomic E-state index is 13.7. The summed E-state index contributed by atoms with van der Waals surface area (Å²) in [4.78, 5) is 29.9. The van der Waals surface area contributed by atoms with Crippen LogP contribution in [0.1, 0.15) is 35.8 Å². The Hall–Kier alpha value is -4.19. The molecule has 2 N–H and O–H groups in total. The zero-order valence-corrected chi connectivity index (χ0v) is 17.8. The van der Waals surface area contributed by atoms with E-state index in [9.17, 15) is 9.59 Å². The third-order valence-electron chi connectivity index (χ3n) is 5.66. The number of carbonyl (C=O) groups excluding carboxylic acids is 2. The van der Waals surface area contributed by atoms with E-state index in [1.54, 1.807) is 0 Å². The van der Waals surface area contributed by atoms with Gasteiger partial charge in [-0.25, -0.2) is 4.98 Å². The van der Waals surface area contributed by atoms with Crippen LogP contribution in [-0.4, -0.2) is 21.2 Å². The van der Waals surface area contributed by atoms with E-state index >= 15 is 0 Å². The van der Waals surface area contributed by atoms with E-state index in [0.29, 0.717) is 22.8 Å². The number of nitrogens with zero attached hydrogens (tertiary/aromatic N) is 2. The number of carbonyl (C=O) groups is 2. The molecule has 0 spiro atoms. The van der Waals surface area contributed by atoms with Crippen LogP contribution in [0.15, 0.2) is 90.1 Å². The van der Waals surface area contributed by atoms with Crippen LogP contribution >= 0.6 is 0 Å². The maximum Gasteiger partial charge on any atom is 0.221 e. The summed E-state index contributed by atoms with van der Waals surface area (Å²) in [6.07, 6.45) is 0. The quantitative estimate of drug-likeness (QED) is 0.445. The van der Waals surface area contributed by atoms with Crippen molar-refractivity contribution in [2.45, 2.75) is 19.9 Å². The second kappa shape index (κ2) is 7.81. The molecule has 1 aliphatic rings. The highest BCUT2D eigenvalue weighted by molar-refractivity contribution is 6.11. The van der Waals surface area contributed by atoms with E-state index in [1.165, 1.54) is 6.92 Å². The van der Waals surface area contributed by atoms with Gasteiger partial charge in [-0.1, -0.05) is 54.6 Å². The highest BCUT2D eigenvalue weighted by Gasteiger charge is 2.34. The van der Waals surface area contributed by atoms with E-state index in [1.807, 2.05) is 85.8 Å². The van der Waals surface area contributed by atoms with Crippen molar-refractivity contribution in [3.05, 3.63) is 101 Å². The molecule has 1 aliphatic heterocycles. The maximum atomic E-state index is 13.7. The van der Waals surface area contributed by atoms with Gasteiger partial charge in [0.1, 0.15) is 0 Å². The number of fused-ring (bicyclic) bond motifs is 3. The third-order valence-corrected chi connectivity index (χ3v) is 5.66. The molecule has 0 unspecified atom stereocenters. The standard InChI is InChI=1S/C26H22N4O2/c1-16-23(25(32)19-8-4-3-5-9-19)24(18-12-14-20(15-13-18)28-17(2)31)30-22-11-7-6-10-21(22)29-26(30)27-16/h3-15,24H,1-2H3,(H,27,29)(H,28,31)/t24-/m1/s1. The number of anilines is 2. The van der Waals surface area contributed by atoms with Crippen LogP contribution in [0.2, 0.25) is 0 Å². The number of ketones is 1. The number of aromatic nitrogens is 2. The van der Waals surface area contributed by atoms with E-state index in [2.05, 4.69) is 15.2 Å². The average Bonchev–Trinajstić information content (AvgIpc) is 3.16. The van der Waals surface area contributed by atoms with Crippen LogP contribution in [0, 0.1) is 0 Å². The summed E-state index contributed by atoms with van der Waals surface area (Å²) in [6.45, 7) is 3.39. The smallest absolute Gasteiger partial charge is 0.221 e. The Kier molecular flexibility index (Phi) is 4.82. The average molecular weight is 422 g/mol. The number of para-hydroxylation sites is 2. The molecule has 6 nitrogen and oxygen atoms in total. The molecule has 0 saturated carbocycles. The summed E-state index contributed by atoms with van der Waals surface area (Å²) < 4.78 is 2.08. The van der Waals surface area contributed by atoms with Crippen molar-refractivity contribution in [3.8, 4) is 0 Å². The normalized spacial score (nSPS) is 15.2. The molecule has 1 aromatic heterocycles. The van der Waals surface area contributed by atoms with Gasteiger partial charge < -0.3 is 10.6 Å². The number of rotatable bonds is 4. The molecule has 0 radical (unpaired) electrons. The first-order valence-corrected chi connectivity index (χ1v) is 10.4. The molecule has 2 heterocycles. The highest BCUT2D eigenvalue weighted by atomic mass is 16.1. The minimum absolute atomic E-state index is 0.0324. The molecule has 0 bridgehead atoms. The number of allylic oxidation sites excluding steroid dienone is 2. The monoisotopic (exact) mass is 422 g/mol. The lowest BCUT2D eigenvalue weighted by Gasteiger charge is -2.31. The predicted octanol–water partition coefficient (Wildman–Crippen LogP) is 5.17. The van der Waals surface area contributed by atoms with Crippen molar-refractivity contribution < 1.29 is 9.59 Å². The molecule has 6 heteroatoms. The summed E-state index contributed by atoms with van der Waals surface area (Å²) in [5, 5.41) is 6.14. The van der Waals surface area contributed by atoms with E-state index in [4.69, 9.17) is 4.98 Å². The number of amides is 1. The highest BCUT2D eigenvalue weighted by Crippen LogP contribution is 2.40. The topological polar surface area (TPSA) is 76.0 Å². The lowest BCUT2D eigenvalue weighted by molar-refractivity contribution is -0.114. The molecule has 1 atom stereocenters. The molecule has 158 valence electrons. The van der Waals surface area contributed by atoms with E-state index < -0.39 is 0 Å². The van der Waals surface area contributed by atoms with Gasteiger partial charge in [0.2, 0.25) is 11.9 Å². The van der Waals surface area contributed by atoms with E-state index in [0.717, 1.165) is 22.3 Å². The van der Waals surface area contributed by atoms with Crippen LogP contribution in [0.3, 0.4) is 0 Å². The van der Waals surface area contributed by atoms with Crippen molar-refractivity contribution >= 4 is 34.4 Å². The van der Waals surface area contributed by atoms with Crippen LogP contribution in [0.5, 0.6) is 0 Å². The Bertz CT molecular complexity index is 1370. The summed E-state index contributed by atoms with van der Waals surface area (Å²) in [5.41, 5.74) is 5.52. The molecule has 32 heavy (non-hydrogen) atoms. The lowest BCUT2D eigenvalue weighted by atomic mass is 9.89. The molecule has 0 saturated heterocycles. The summed E-state index contributed by atoms with van der Waals surface area (Å²) >= 11 is 0.